The third kappa shape index (κ3) is 1.23. The molecular formula is C12H12N2O2. The Morgan fingerprint density at radius 1 is 1.31 bits per heavy atom. The summed E-state index contributed by atoms with van der Waals surface area (Å²) >= 11 is 0. The predicted molar refractivity (Wildman–Crippen MR) is 58.9 cm³/mol. The molecule has 1 aromatic carbocycles. The van der Waals surface area contributed by atoms with E-state index < -0.39 is 5.60 Å². The first-order valence-electron chi connectivity index (χ1n) is 5.34. The van der Waals surface area contributed by atoms with E-state index in [4.69, 9.17) is 10.5 Å². The summed E-state index contributed by atoms with van der Waals surface area (Å²) in [4.78, 5) is 15.5. The maximum Gasteiger partial charge on any atom is 0.294 e. The van der Waals surface area contributed by atoms with E-state index >= 15 is 0 Å². The number of amides is 1. The number of fused-ring (bicyclic) bond motifs is 1. The molecule has 0 aromatic heterocycles. The molecule has 3 rings (SSSR count). The summed E-state index contributed by atoms with van der Waals surface area (Å²) in [5.41, 5.74) is 7.08. The number of nitrogens with two attached hydrogens (primary N) is 1. The van der Waals surface area contributed by atoms with E-state index in [9.17, 15) is 4.79 Å². The van der Waals surface area contributed by atoms with Gasteiger partial charge in [0.2, 0.25) is 0 Å². The molecule has 2 aliphatic rings. The number of rotatable bonds is 0. The number of aryl methyl sites for hydroxylation is 1. The first kappa shape index (κ1) is 9.39. The Hall–Kier alpha value is -1.84. The molecule has 4 heteroatoms. The van der Waals surface area contributed by atoms with Gasteiger partial charge in [0, 0.05) is 12.8 Å². The summed E-state index contributed by atoms with van der Waals surface area (Å²) < 4.78 is 5.44. The fraction of sp³-hybridized carbons (Fsp3) is 0.333. The number of carbonyl (C=O) groups is 1. The number of hydrogen-bond acceptors (Lipinski definition) is 3. The molecule has 0 unspecified atom stereocenters. The number of benzene rings is 1. The smallest absolute Gasteiger partial charge is 0.294 e. The van der Waals surface area contributed by atoms with Gasteiger partial charge in [0.1, 0.15) is 0 Å². The SMILES string of the molecule is NC1=NC(=O)[C@]2(CCc3ccccc3C2)O1. The molecule has 1 atom stereocenters. The maximum atomic E-state index is 11.8. The largest absolute Gasteiger partial charge is 0.448 e. The van der Waals surface area contributed by atoms with Crippen molar-refractivity contribution in [2.75, 3.05) is 0 Å². The first-order valence-corrected chi connectivity index (χ1v) is 5.34. The fourth-order valence-electron chi connectivity index (χ4n) is 2.44. The lowest BCUT2D eigenvalue weighted by atomic mass is 9.80. The van der Waals surface area contributed by atoms with Gasteiger partial charge in [-0.2, -0.15) is 4.99 Å². The van der Waals surface area contributed by atoms with Crippen LogP contribution in [0.5, 0.6) is 0 Å². The summed E-state index contributed by atoms with van der Waals surface area (Å²) in [5.74, 6) is -0.237. The number of aliphatic imine (C=N–C) groups is 1. The summed E-state index contributed by atoms with van der Waals surface area (Å²) in [6.07, 6.45) is 2.07. The van der Waals surface area contributed by atoms with Crippen LogP contribution in [0.2, 0.25) is 0 Å². The van der Waals surface area contributed by atoms with Crippen molar-refractivity contribution in [2.45, 2.75) is 24.9 Å². The zero-order valence-electron chi connectivity index (χ0n) is 8.77. The lowest BCUT2D eigenvalue weighted by Gasteiger charge is -2.31. The molecule has 1 aliphatic heterocycles. The minimum atomic E-state index is -0.821. The van der Waals surface area contributed by atoms with Gasteiger partial charge in [0.15, 0.2) is 5.60 Å². The Kier molecular flexibility index (Phi) is 1.80. The molecule has 0 bridgehead atoms. The van der Waals surface area contributed by atoms with Crippen molar-refractivity contribution in [1.82, 2.24) is 0 Å². The molecule has 4 nitrogen and oxygen atoms in total. The van der Waals surface area contributed by atoms with Gasteiger partial charge in [-0.15, -0.1) is 0 Å². The van der Waals surface area contributed by atoms with E-state index in [-0.39, 0.29) is 11.9 Å². The minimum absolute atomic E-state index is 0.00406. The quantitative estimate of drug-likeness (QED) is 0.697. The second kappa shape index (κ2) is 3.07. The number of nitrogens with zero attached hydrogens (tertiary/aromatic N) is 1. The topological polar surface area (TPSA) is 64.7 Å². The second-order valence-electron chi connectivity index (χ2n) is 4.30. The summed E-state index contributed by atoms with van der Waals surface area (Å²) in [6, 6.07) is 8.11. The average Bonchev–Trinajstić information content (AvgIpc) is 2.53. The lowest BCUT2D eigenvalue weighted by molar-refractivity contribution is -0.131. The van der Waals surface area contributed by atoms with Gasteiger partial charge in [-0.1, -0.05) is 24.3 Å². The Balaban J connectivity index is 1.97. The highest BCUT2D eigenvalue weighted by Crippen LogP contribution is 2.34. The van der Waals surface area contributed by atoms with Crippen molar-refractivity contribution >= 4 is 11.9 Å². The Morgan fingerprint density at radius 2 is 2.06 bits per heavy atom. The van der Waals surface area contributed by atoms with Crippen LogP contribution in [-0.2, 0) is 22.4 Å². The van der Waals surface area contributed by atoms with E-state index in [1.165, 1.54) is 5.56 Å². The molecule has 0 saturated heterocycles. The molecule has 0 radical (unpaired) electrons. The summed E-state index contributed by atoms with van der Waals surface area (Å²) in [7, 11) is 0. The van der Waals surface area contributed by atoms with E-state index in [1.807, 2.05) is 18.2 Å². The normalized spacial score (nSPS) is 27.5. The highest BCUT2D eigenvalue weighted by Gasteiger charge is 2.47. The minimum Gasteiger partial charge on any atom is -0.448 e. The zero-order valence-corrected chi connectivity index (χ0v) is 8.77. The van der Waals surface area contributed by atoms with Crippen LogP contribution in [0.25, 0.3) is 0 Å². The van der Waals surface area contributed by atoms with Gasteiger partial charge in [0.25, 0.3) is 11.9 Å². The van der Waals surface area contributed by atoms with Crippen LogP contribution < -0.4 is 5.73 Å². The van der Waals surface area contributed by atoms with E-state index in [2.05, 4.69) is 11.1 Å². The van der Waals surface area contributed by atoms with Crippen molar-refractivity contribution in [3.05, 3.63) is 35.4 Å². The Morgan fingerprint density at radius 3 is 2.75 bits per heavy atom. The van der Waals surface area contributed by atoms with Crippen LogP contribution in [0.3, 0.4) is 0 Å². The monoisotopic (exact) mass is 216 g/mol. The maximum absolute atomic E-state index is 11.8. The summed E-state index contributed by atoms with van der Waals surface area (Å²) in [5, 5.41) is 0. The Bertz CT molecular complexity index is 496. The number of ether oxygens (including phenoxy) is 1. The molecule has 1 heterocycles. The molecule has 2 N–H and O–H groups in total. The van der Waals surface area contributed by atoms with E-state index in [0.717, 1.165) is 12.0 Å². The van der Waals surface area contributed by atoms with Crippen LogP contribution in [0.4, 0.5) is 0 Å². The number of carbonyl (C=O) groups excluding carboxylic acids is 1. The summed E-state index contributed by atoms with van der Waals surface area (Å²) in [6.45, 7) is 0. The van der Waals surface area contributed by atoms with Crippen molar-refractivity contribution in [3.8, 4) is 0 Å². The van der Waals surface area contributed by atoms with Crippen molar-refractivity contribution in [2.24, 2.45) is 10.7 Å². The Labute approximate surface area is 93.1 Å². The van der Waals surface area contributed by atoms with Gasteiger partial charge in [-0.05, 0) is 17.5 Å². The standard InChI is InChI=1S/C12H12N2O2/c13-11-14-10(15)12(16-11)6-5-8-3-1-2-4-9(8)7-12/h1-4H,5-7H2,(H2,13,14,15)/t12-/m1/s1. The third-order valence-corrected chi connectivity index (χ3v) is 3.29. The van der Waals surface area contributed by atoms with Gasteiger partial charge in [0.05, 0.1) is 0 Å². The molecule has 1 aromatic rings. The molecule has 0 saturated carbocycles. The van der Waals surface area contributed by atoms with Crippen molar-refractivity contribution < 1.29 is 9.53 Å². The third-order valence-electron chi connectivity index (χ3n) is 3.29. The molecule has 0 fully saturated rings. The average molecular weight is 216 g/mol. The van der Waals surface area contributed by atoms with Crippen LogP contribution in [0.15, 0.2) is 29.3 Å². The van der Waals surface area contributed by atoms with Crippen LogP contribution in [-0.4, -0.2) is 17.5 Å². The molecule has 1 amide bonds. The van der Waals surface area contributed by atoms with E-state index in [0.29, 0.717) is 12.8 Å². The van der Waals surface area contributed by atoms with Gasteiger partial charge >= 0.3 is 0 Å². The van der Waals surface area contributed by atoms with Crippen molar-refractivity contribution in [3.63, 3.8) is 0 Å². The second-order valence-corrected chi connectivity index (χ2v) is 4.30. The molecule has 1 spiro atoms. The fourth-order valence-corrected chi connectivity index (χ4v) is 2.44. The molecular weight excluding hydrogens is 204 g/mol. The highest BCUT2D eigenvalue weighted by molar-refractivity contribution is 6.01. The molecule has 16 heavy (non-hydrogen) atoms. The predicted octanol–water partition coefficient (Wildman–Crippen LogP) is 0.786. The molecule has 82 valence electrons. The zero-order chi connectivity index (χ0) is 11.2. The lowest BCUT2D eigenvalue weighted by Crippen LogP contribution is -2.43. The van der Waals surface area contributed by atoms with Crippen LogP contribution >= 0.6 is 0 Å². The molecule has 1 aliphatic carbocycles. The number of amidine groups is 1. The van der Waals surface area contributed by atoms with Crippen LogP contribution in [0.1, 0.15) is 17.5 Å². The van der Waals surface area contributed by atoms with Crippen LogP contribution in [0, 0.1) is 0 Å². The highest BCUT2D eigenvalue weighted by atomic mass is 16.5. The van der Waals surface area contributed by atoms with E-state index in [1.54, 1.807) is 0 Å². The van der Waals surface area contributed by atoms with Crippen molar-refractivity contribution in [1.29, 1.82) is 0 Å². The van der Waals surface area contributed by atoms with Gasteiger partial charge in [-0.25, -0.2) is 0 Å². The van der Waals surface area contributed by atoms with Gasteiger partial charge in [-0.3, -0.25) is 4.79 Å². The number of hydrogen-bond donors (Lipinski definition) is 1. The van der Waals surface area contributed by atoms with Gasteiger partial charge < -0.3 is 10.5 Å². The first-order chi connectivity index (χ1) is 7.70.